The van der Waals surface area contributed by atoms with E-state index >= 15 is 0 Å². The fourth-order valence-corrected chi connectivity index (χ4v) is 2.11. The minimum absolute atomic E-state index is 0.169. The Labute approximate surface area is 84.5 Å². The number of hydrogen-bond donors (Lipinski definition) is 0. The maximum atomic E-state index is 11.5. The third kappa shape index (κ3) is 1.63. The summed E-state index contributed by atoms with van der Waals surface area (Å²) in [4.78, 5) is 11.5. The molecule has 0 N–H and O–H groups in total. The fraction of sp³-hybridized carbons (Fsp3) is 0.308. The highest BCUT2D eigenvalue weighted by molar-refractivity contribution is 5.91. The second-order valence-corrected chi connectivity index (χ2v) is 3.81. The van der Waals surface area contributed by atoms with Crippen molar-refractivity contribution in [3.05, 3.63) is 48.0 Å². The summed E-state index contributed by atoms with van der Waals surface area (Å²) < 4.78 is 0. The van der Waals surface area contributed by atoms with Crippen molar-refractivity contribution in [2.75, 3.05) is 0 Å². The van der Waals surface area contributed by atoms with Gasteiger partial charge in [0, 0.05) is 5.92 Å². The van der Waals surface area contributed by atoms with Crippen LogP contribution in [-0.2, 0) is 17.6 Å². The van der Waals surface area contributed by atoms with Gasteiger partial charge in [0.2, 0.25) is 0 Å². The van der Waals surface area contributed by atoms with Crippen molar-refractivity contribution >= 4 is 5.78 Å². The van der Waals surface area contributed by atoms with Gasteiger partial charge in [0.15, 0.2) is 5.78 Å². The molecule has 2 rings (SSSR count). The molecule has 0 fully saturated rings. The Balaban J connectivity index is 2.21. The van der Waals surface area contributed by atoms with Gasteiger partial charge in [-0.05, 0) is 36.5 Å². The summed E-state index contributed by atoms with van der Waals surface area (Å²) in [5, 5.41) is 0. The van der Waals surface area contributed by atoms with Crippen molar-refractivity contribution in [2.45, 2.75) is 19.3 Å². The van der Waals surface area contributed by atoms with Crippen LogP contribution in [0.4, 0.5) is 0 Å². The van der Waals surface area contributed by atoms with Crippen molar-refractivity contribution in [3.8, 4) is 0 Å². The van der Waals surface area contributed by atoms with Crippen LogP contribution >= 0.6 is 0 Å². The molecule has 1 heteroatoms. The number of hydrogen-bond acceptors (Lipinski definition) is 1. The molecule has 14 heavy (non-hydrogen) atoms. The summed E-state index contributed by atoms with van der Waals surface area (Å²) in [7, 11) is 0. The van der Waals surface area contributed by atoms with E-state index in [1.807, 2.05) is 6.07 Å². The summed E-state index contributed by atoms with van der Waals surface area (Å²) in [6.45, 7) is 3.54. The van der Waals surface area contributed by atoms with Crippen LogP contribution in [0.2, 0.25) is 0 Å². The highest BCUT2D eigenvalue weighted by Crippen LogP contribution is 2.25. The SMILES string of the molecule is C=CC(=O)C1CCc2ccccc2C1. The molecule has 1 aliphatic rings. The van der Waals surface area contributed by atoms with E-state index in [1.165, 1.54) is 17.2 Å². The summed E-state index contributed by atoms with van der Waals surface area (Å²) in [6, 6.07) is 8.38. The van der Waals surface area contributed by atoms with Gasteiger partial charge >= 0.3 is 0 Å². The zero-order valence-corrected chi connectivity index (χ0v) is 8.20. The van der Waals surface area contributed by atoms with Crippen LogP contribution in [0, 0.1) is 5.92 Å². The lowest BCUT2D eigenvalue weighted by atomic mass is 9.82. The number of benzene rings is 1. The highest BCUT2D eigenvalue weighted by Gasteiger charge is 2.21. The van der Waals surface area contributed by atoms with Crippen molar-refractivity contribution < 1.29 is 4.79 Å². The zero-order chi connectivity index (χ0) is 9.97. The molecule has 0 bridgehead atoms. The fourth-order valence-electron chi connectivity index (χ4n) is 2.11. The quantitative estimate of drug-likeness (QED) is 0.649. The number of rotatable bonds is 2. The van der Waals surface area contributed by atoms with Crippen LogP contribution in [0.3, 0.4) is 0 Å². The third-order valence-corrected chi connectivity index (χ3v) is 2.95. The Morgan fingerprint density at radius 1 is 1.36 bits per heavy atom. The maximum absolute atomic E-state index is 11.5. The number of allylic oxidation sites excluding steroid dienone is 1. The standard InChI is InChI=1S/C13H14O/c1-2-13(14)12-8-7-10-5-3-4-6-11(10)9-12/h2-6,12H,1,7-9H2. The molecule has 0 heterocycles. The number of carbonyl (C=O) groups is 1. The molecule has 1 aromatic rings. The van der Waals surface area contributed by atoms with Gasteiger partial charge in [0.25, 0.3) is 0 Å². The lowest BCUT2D eigenvalue weighted by molar-refractivity contribution is -0.118. The van der Waals surface area contributed by atoms with Crippen LogP contribution in [0.25, 0.3) is 0 Å². The smallest absolute Gasteiger partial charge is 0.158 e. The van der Waals surface area contributed by atoms with Gasteiger partial charge in [-0.25, -0.2) is 0 Å². The normalized spacial score (nSPS) is 19.9. The van der Waals surface area contributed by atoms with E-state index < -0.39 is 0 Å². The molecular formula is C13H14O. The molecule has 0 radical (unpaired) electrons. The monoisotopic (exact) mass is 186 g/mol. The first-order valence-corrected chi connectivity index (χ1v) is 5.04. The molecule has 0 saturated heterocycles. The zero-order valence-electron chi connectivity index (χ0n) is 8.20. The van der Waals surface area contributed by atoms with Gasteiger partial charge in [-0.1, -0.05) is 30.8 Å². The summed E-state index contributed by atoms with van der Waals surface area (Å²) in [5.41, 5.74) is 2.74. The number of aryl methyl sites for hydroxylation is 1. The molecule has 0 aliphatic heterocycles. The molecule has 0 aromatic heterocycles. The first kappa shape index (κ1) is 9.20. The van der Waals surface area contributed by atoms with E-state index in [-0.39, 0.29) is 11.7 Å². The molecule has 0 spiro atoms. The minimum atomic E-state index is 0.169. The Bertz CT molecular complexity index is 365. The van der Waals surface area contributed by atoms with E-state index in [1.54, 1.807) is 0 Å². The van der Waals surface area contributed by atoms with Gasteiger partial charge in [0.1, 0.15) is 0 Å². The van der Waals surface area contributed by atoms with E-state index in [2.05, 4.69) is 24.8 Å². The molecule has 0 saturated carbocycles. The van der Waals surface area contributed by atoms with Crippen molar-refractivity contribution in [1.82, 2.24) is 0 Å². The Kier molecular flexibility index (Phi) is 2.49. The Hall–Kier alpha value is -1.37. The average molecular weight is 186 g/mol. The van der Waals surface area contributed by atoms with Crippen LogP contribution in [-0.4, -0.2) is 5.78 Å². The Morgan fingerprint density at radius 2 is 2.07 bits per heavy atom. The third-order valence-electron chi connectivity index (χ3n) is 2.95. The lowest BCUT2D eigenvalue weighted by Gasteiger charge is -2.22. The van der Waals surface area contributed by atoms with Crippen LogP contribution in [0.1, 0.15) is 17.5 Å². The highest BCUT2D eigenvalue weighted by atomic mass is 16.1. The predicted octanol–water partition coefficient (Wildman–Crippen LogP) is 2.55. The van der Waals surface area contributed by atoms with Gasteiger partial charge in [-0.15, -0.1) is 0 Å². The van der Waals surface area contributed by atoms with E-state index in [4.69, 9.17) is 0 Å². The molecule has 1 aromatic carbocycles. The second-order valence-electron chi connectivity index (χ2n) is 3.81. The second kappa shape index (κ2) is 3.79. The molecule has 0 amide bonds. The minimum Gasteiger partial charge on any atom is -0.295 e. The number of carbonyl (C=O) groups excluding carboxylic acids is 1. The van der Waals surface area contributed by atoms with Crippen LogP contribution in [0.15, 0.2) is 36.9 Å². The maximum Gasteiger partial charge on any atom is 0.158 e. The van der Waals surface area contributed by atoms with E-state index in [9.17, 15) is 4.79 Å². The number of ketones is 1. The summed E-state index contributed by atoms with van der Waals surface area (Å²) >= 11 is 0. The average Bonchev–Trinajstić information content (AvgIpc) is 2.27. The van der Waals surface area contributed by atoms with Gasteiger partial charge in [-0.2, -0.15) is 0 Å². The van der Waals surface area contributed by atoms with E-state index in [0.717, 1.165) is 19.3 Å². The summed E-state index contributed by atoms with van der Waals surface area (Å²) in [6.07, 6.45) is 4.35. The van der Waals surface area contributed by atoms with E-state index in [0.29, 0.717) is 0 Å². The molecule has 1 aliphatic carbocycles. The van der Waals surface area contributed by atoms with Crippen molar-refractivity contribution in [1.29, 1.82) is 0 Å². The number of fused-ring (bicyclic) bond motifs is 1. The molecule has 1 unspecified atom stereocenters. The molecule has 1 nitrogen and oxygen atoms in total. The first-order valence-electron chi connectivity index (χ1n) is 5.04. The summed E-state index contributed by atoms with van der Waals surface area (Å²) in [5.74, 6) is 0.363. The topological polar surface area (TPSA) is 17.1 Å². The molecule has 1 atom stereocenters. The molecule has 72 valence electrons. The predicted molar refractivity (Wildman–Crippen MR) is 57.2 cm³/mol. The van der Waals surface area contributed by atoms with Gasteiger partial charge < -0.3 is 0 Å². The van der Waals surface area contributed by atoms with Gasteiger partial charge in [0.05, 0.1) is 0 Å². The first-order chi connectivity index (χ1) is 6.81. The largest absolute Gasteiger partial charge is 0.295 e. The van der Waals surface area contributed by atoms with Crippen LogP contribution in [0.5, 0.6) is 0 Å². The van der Waals surface area contributed by atoms with Crippen molar-refractivity contribution in [3.63, 3.8) is 0 Å². The Morgan fingerprint density at radius 3 is 2.79 bits per heavy atom. The van der Waals surface area contributed by atoms with Gasteiger partial charge in [-0.3, -0.25) is 4.79 Å². The lowest BCUT2D eigenvalue weighted by Crippen LogP contribution is -2.20. The van der Waals surface area contributed by atoms with Crippen LogP contribution < -0.4 is 0 Å². The van der Waals surface area contributed by atoms with Crippen molar-refractivity contribution in [2.24, 2.45) is 5.92 Å². The molecular weight excluding hydrogens is 172 g/mol.